The first kappa shape index (κ1) is 28.2. The van der Waals surface area contributed by atoms with Gasteiger partial charge in [-0.3, -0.25) is 9.36 Å². The number of hydrogen-bond donors (Lipinski definition) is 0. The minimum atomic E-state index is -0.755. The van der Waals surface area contributed by atoms with Crippen LogP contribution in [0.15, 0.2) is 78.4 Å². The van der Waals surface area contributed by atoms with Gasteiger partial charge in [0.2, 0.25) is 0 Å². The predicted octanol–water partition coefficient (Wildman–Crippen LogP) is 5.50. The fourth-order valence-corrected chi connectivity index (χ4v) is 4.72. The van der Waals surface area contributed by atoms with Crippen molar-refractivity contribution in [3.8, 4) is 17.2 Å². The van der Waals surface area contributed by atoms with E-state index < -0.39 is 11.5 Å². The average Bonchev–Trinajstić information content (AvgIpc) is 2.97. The molecule has 1 aromatic heterocycles. The summed E-state index contributed by atoms with van der Waals surface area (Å²) in [7, 11) is 4.48. The molecule has 40 heavy (non-hydrogen) atoms. The predicted molar refractivity (Wildman–Crippen MR) is 157 cm³/mol. The Kier molecular flexibility index (Phi) is 8.69. The van der Waals surface area contributed by atoms with Crippen LogP contribution in [-0.2, 0) is 17.8 Å². The molecule has 0 saturated carbocycles. The number of hydrogen-bond acceptors (Lipinski definition) is 7. The van der Waals surface area contributed by atoms with Crippen LogP contribution in [0.1, 0.15) is 38.2 Å². The number of esters is 1. The van der Waals surface area contributed by atoms with E-state index in [0.717, 1.165) is 39.3 Å². The van der Waals surface area contributed by atoms with Gasteiger partial charge in [-0.25, -0.2) is 9.78 Å². The molecular formula is C32H33N3O5. The van der Waals surface area contributed by atoms with Gasteiger partial charge in [0.05, 0.1) is 27.0 Å². The molecule has 0 N–H and O–H groups in total. The second-order valence-electron chi connectivity index (χ2n) is 9.37. The van der Waals surface area contributed by atoms with Crippen LogP contribution in [0.25, 0.3) is 11.8 Å². The molecule has 0 aliphatic rings. The van der Waals surface area contributed by atoms with Gasteiger partial charge in [-0.1, -0.05) is 36.9 Å². The SMILES string of the molecule is C=Cc1cc(C)c(-n2cnc(N(Cc3ccc(OC)cc3)Cc3ccc(OC)cc3)c(C(=O)OC)c2=O)c(C)c1. The van der Waals surface area contributed by atoms with Crippen molar-refractivity contribution in [1.29, 1.82) is 0 Å². The molecule has 4 rings (SSSR count). The highest BCUT2D eigenvalue weighted by molar-refractivity contribution is 5.94. The van der Waals surface area contributed by atoms with E-state index in [1.165, 1.54) is 18.0 Å². The molecule has 206 valence electrons. The number of carbonyl (C=O) groups excluding carboxylic acids is 1. The fraction of sp³-hybridized carbons (Fsp3) is 0.219. The van der Waals surface area contributed by atoms with Gasteiger partial charge in [0.1, 0.15) is 17.8 Å². The van der Waals surface area contributed by atoms with Gasteiger partial charge in [-0.15, -0.1) is 0 Å². The normalized spacial score (nSPS) is 10.6. The maximum atomic E-state index is 14.0. The standard InChI is InChI=1S/C32H33N3O5/c1-7-23-16-21(2)29(22(3)17-23)35-20-33-30(28(31(35)36)32(37)40-6)34(18-24-8-12-26(38-4)13-9-24)19-25-10-14-27(39-5)15-11-25/h7-17,20H,1,18-19H2,2-6H3. The Balaban J connectivity index is 1.87. The van der Waals surface area contributed by atoms with Crippen LogP contribution >= 0.6 is 0 Å². The highest BCUT2D eigenvalue weighted by Crippen LogP contribution is 2.26. The summed E-state index contributed by atoms with van der Waals surface area (Å²) in [5.74, 6) is 0.941. The minimum absolute atomic E-state index is 0.140. The van der Waals surface area contributed by atoms with Gasteiger partial charge < -0.3 is 19.1 Å². The molecule has 0 spiro atoms. The number of anilines is 1. The summed E-state index contributed by atoms with van der Waals surface area (Å²) in [6.07, 6.45) is 3.23. The van der Waals surface area contributed by atoms with E-state index in [0.29, 0.717) is 18.8 Å². The largest absolute Gasteiger partial charge is 0.497 e. The van der Waals surface area contributed by atoms with E-state index in [9.17, 15) is 9.59 Å². The Morgan fingerprint density at radius 3 is 1.82 bits per heavy atom. The van der Waals surface area contributed by atoms with Crippen molar-refractivity contribution >= 4 is 17.9 Å². The van der Waals surface area contributed by atoms with Crippen LogP contribution in [0.2, 0.25) is 0 Å². The van der Waals surface area contributed by atoms with Crippen molar-refractivity contribution in [3.05, 3.63) is 117 Å². The zero-order valence-electron chi connectivity index (χ0n) is 23.4. The smallest absolute Gasteiger partial charge is 0.347 e. The van der Waals surface area contributed by atoms with Gasteiger partial charge in [0.15, 0.2) is 11.4 Å². The molecular weight excluding hydrogens is 506 g/mol. The molecule has 0 fully saturated rings. The molecule has 0 aliphatic carbocycles. The number of rotatable bonds is 10. The number of aryl methyl sites for hydroxylation is 2. The molecule has 8 heteroatoms. The Morgan fingerprint density at radius 2 is 1.40 bits per heavy atom. The summed E-state index contributed by atoms with van der Waals surface area (Å²) >= 11 is 0. The Morgan fingerprint density at radius 1 is 0.900 bits per heavy atom. The van der Waals surface area contributed by atoms with Gasteiger partial charge in [0.25, 0.3) is 5.56 Å². The number of nitrogens with zero attached hydrogens (tertiary/aromatic N) is 3. The highest BCUT2D eigenvalue weighted by Gasteiger charge is 2.26. The lowest BCUT2D eigenvalue weighted by molar-refractivity contribution is 0.0598. The van der Waals surface area contributed by atoms with Crippen molar-refractivity contribution in [2.45, 2.75) is 26.9 Å². The van der Waals surface area contributed by atoms with Gasteiger partial charge in [0, 0.05) is 13.1 Å². The number of benzene rings is 3. The molecule has 3 aromatic carbocycles. The number of aromatic nitrogens is 2. The third-order valence-electron chi connectivity index (χ3n) is 6.70. The average molecular weight is 540 g/mol. The van der Waals surface area contributed by atoms with E-state index in [2.05, 4.69) is 11.6 Å². The van der Waals surface area contributed by atoms with Gasteiger partial charge >= 0.3 is 5.97 Å². The number of carbonyl (C=O) groups is 1. The summed E-state index contributed by atoms with van der Waals surface area (Å²) in [5, 5.41) is 0. The molecule has 4 aromatic rings. The highest BCUT2D eigenvalue weighted by atomic mass is 16.5. The summed E-state index contributed by atoms with van der Waals surface area (Å²) < 4.78 is 17.1. The third kappa shape index (κ3) is 5.91. The molecule has 8 nitrogen and oxygen atoms in total. The van der Waals surface area contributed by atoms with Crippen LogP contribution in [0.3, 0.4) is 0 Å². The molecule has 0 amide bonds. The molecule has 0 atom stereocenters. The second-order valence-corrected chi connectivity index (χ2v) is 9.37. The van der Waals surface area contributed by atoms with Crippen LogP contribution in [0.5, 0.6) is 11.5 Å². The summed E-state index contributed by atoms with van der Waals surface area (Å²) in [5.41, 5.74) is 4.56. The summed E-state index contributed by atoms with van der Waals surface area (Å²) in [4.78, 5) is 33.7. The van der Waals surface area contributed by atoms with Crippen molar-refractivity contribution in [2.24, 2.45) is 0 Å². The lowest BCUT2D eigenvalue weighted by Gasteiger charge is -2.26. The lowest BCUT2D eigenvalue weighted by atomic mass is 10.0. The number of ether oxygens (including phenoxy) is 3. The minimum Gasteiger partial charge on any atom is -0.497 e. The molecule has 0 aliphatic heterocycles. The number of methoxy groups -OCH3 is 3. The molecule has 0 saturated heterocycles. The van der Waals surface area contributed by atoms with Crippen molar-refractivity contribution in [2.75, 3.05) is 26.2 Å². The van der Waals surface area contributed by atoms with E-state index in [1.54, 1.807) is 20.3 Å². The lowest BCUT2D eigenvalue weighted by Crippen LogP contribution is -2.33. The second kappa shape index (κ2) is 12.3. The Bertz CT molecular complexity index is 1500. The monoisotopic (exact) mass is 539 g/mol. The van der Waals surface area contributed by atoms with E-state index >= 15 is 0 Å². The van der Waals surface area contributed by atoms with Gasteiger partial charge in [-0.2, -0.15) is 0 Å². The Hall–Kier alpha value is -4.85. The first-order valence-electron chi connectivity index (χ1n) is 12.7. The molecule has 0 bridgehead atoms. The zero-order valence-corrected chi connectivity index (χ0v) is 23.4. The molecule has 0 unspecified atom stereocenters. The molecule has 1 heterocycles. The van der Waals surface area contributed by atoms with E-state index in [4.69, 9.17) is 14.2 Å². The molecule has 0 radical (unpaired) electrons. The summed E-state index contributed by atoms with van der Waals surface area (Å²) in [6, 6.07) is 19.1. The fourth-order valence-electron chi connectivity index (χ4n) is 4.72. The van der Waals surface area contributed by atoms with Crippen molar-refractivity contribution in [1.82, 2.24) is 9.55 Å². The quantitative estimate of drug-likeness (QED) is 0.246. The van der Waals surface area contributed by atoms with Crippen LogP contribution in [0.4, 0.5) is 5.82 Å². The van der Waals surface area contributed by atoms with Crippen molar-refractivity contribution in [3.63, 3.8) is 0 Å². The first-order valence-corrected chi connectivity index (χ1v) is 12.7. The third-order valence-corrected chi connectivity index (χ3v) is 6.70. The Labute approximate surface area is 234 Å². The zero-order chi connectivity index (χ0) is 28.8. The van der Waals surface area contributed by atoms with E-state index in [1.807, 2.05) is 79.4 Å². The summed E-state index contributed by atoms with van der Waals surface area (Å²) in [6.45, 7) is 8.41. The van der Waals surface area contributed by atoms with Crippen LogP contribution in [0, 0.1) is 13.8 Å². The first-order chi connectivity index (χ1) is 19.3. The maximum absolute atomic E-state index is 14.0. The topological polar surface area (TPSA) is 82.9 Å². The van der Waals surface area contributed by atoms with E-state index in [-0.39, 0.29) is 11.4 Å². The van der Waals surface area contributed by atoms with Gasteiger partial charge in [-0.05, 0) is 78.1 Å². The van der Waals surface area contributed by atoms with Crippen LogP contribution in [-0.4, -0.2) is 36.8 Å². The maximum Gasteiger partial charge on any atom is 0.347 e. The van der Waals surface area contributed by atoms with Crippen molar-refractivity contribution < 1.29 is 19.0 Å². The van der Waals surface area contributed by atoms with Crippen LogP contribution < -0.4 is 19.9 Å².